The summed E-state index contributed by atoms with van der Waals surface area (Å²) in [6, 6.07) is 3.43. The number of hydrogen-bond donors (Lipinski definition) is 1. The summed E-state index contributed by atoms with van der Waals surface area (Å²) in [5, 5.41) is -0.179. The van der Waals surface area contributed by atoms with Crippen molar-refractivity contribution in [3.63, 3.8) is 0 Å². The van der Waals surface area contributed by atoms with Crippen LogP contribution in [0.4, 0.5) is 13.2 Å². The first-order valence-electron chi connectivity index (χ1n) is 5.16. The molecule has 1 heterocycles. The summed E-state index contributed by atoms with van der Waals surface area (Å²) < 4.78 is 39.1. The highest BCUT2D eigenvalue weighted by atomic mass is 35.5. The van der Waals surface area contributed by atoms with Gasteiger partial charge in [0.05, 0.1) is 20.8 Å². The fraction of sp³-hybridized carbons (Fsp3) is 0.0833. The molecule has 2 aromatic rings. The Bertz CT molecular complexity index is 725. The first-order chi connectivity index (χ1) is 9.23. The van der Waals surface area contributed by atoms with Gasteiger partial charge in [-0.25, -0.2) is 0 Å². The molecule has 0 atom stereocenters. The minimum absolute atomic E-state index is 0.0314. The standard InChI is InChI=1S/C12H5Cl3F3NO/c13-5-1-2-6(14)10(15)8(5)11-9(12(16,17)18)7(20)3-4-19-11/h1-4H,(H,19,20). The average molecular weight is 343 g/mol. The summed E-state index contributed by atoms with van der Waals surface area (Å²) in [7, 11) is 0. The highest BCUT2D eigenvalue weighted by Gasteiger charge is 2.38. The largest absolute Gasteiger partial charge is 0.422 e. The lowest BCUT2D eigenvalue weighted by molar-refractivity contribution is -0.138. The molecule has 106 valence electrons. The van der Waals surface area contributed by atoms with Gasteiger partial charge in [-0.15, -0.1) is 0 Å². The molecule has 0 unspecified atom stereocenters. The quantitative estimate of drug-likeness (QED) is 0.725. The van der Waals surface area contributed by atoms with E-state index in [1.54, 1.807) is 0 Å². The first kappa shape index (κ1) is 15.2. The van der Waals surface area contributed by atoms with Crippen LogP contribution in [0.25, 0.3) is 11.3 Å². The van der Waals surface area contributed by atoms with Gasteiger partial charge in [0.2, 0.25) is 0 Å². The summed E-state index contributed by atoms with van der Waals surface area (Å²) in [4.78, 5) is 13.9. The number of hydrogen-bond acceptors (Lipinski definition) is 1. The van der Waals surface area contributed by atoms with Crippen LogP contribution in [0.1, 0.15) is 5.56 Å². The van der Waals surface area contributed by atoms with Crippen molar-refractivity contribution in [1.29, 1.82) is 0 Å². The zero-order valence-electron chi connectivity index (χ0n) is 9.49. The molecule has 0 aliphatic rings. The van der Waals surface area contributed by atoms with Crippen molar-refractivity contribution in [3.8, 4) is 11.3 Å². The predicted molar refractivity (Wildman–Crippen MR) is 72.5 cm³/mol. The van der Waals surface area contributed by atoms with Crippen molar-refractivity contribution < 1.29 is 13.2 Å². The molecule has 0 aliphatic heterocycles. The van der Waals surface area contributed by atoms with E-state index < -0.39 is 22.9 Å². The second-order valence-corrected chi connectivity index (χ2v) is 5.00. The number of alkyl halides is 3. The molecule has 0 fully saturated rings. The highest BCUT2D eigenvalue weighted by Crippen LogP contribution is 2.42. The Hall–Kier alpha value is -1.17. The maximum atomic E-state index is 13.0. The number of H-pyrrole nitrogens is 1. The van der Waals surface area contributed by atoms with Crippen LogP contribution in [0.5, 0.6) is 0 Å². The maximum Gasteiger partial charge on any atom is 0.422 e. The van der Waals surface area contributed by atoms with Gasteiger partial charge in [0.25, 0.3) is 0 Å². The number of pyridine rings is 1. The Morgan fingerprint density at radius 3 is 2.20 bits per heavy atom. The van der Waals surface area contributed by atoms with Crippen LogP contribution >= 0.6 is 34.8 Å². The Labute approximate surface area is 126 Å². The summed E-state index contributed by atoms with van der Waals surface area (Å²) in [6.07, 6.45) is -3.76. The normalized spacial score (nSPS) is 11.7. The van der Waals surface area contributed by atoms with Gasteiger partial charge in [-0.1, -0.05) is 34.8 Å². The molecule has 1 N–H and O–H groups in total. The monoisotopic (exact) mass is 341 g/mol. The van der Waals surface area contributed by atoms with E-state index in [0.29, 0.717) is 0 Å². The Morgan fingerprint density at radius 2 is 1.60 bits per heavy atom. The van der Waals surface area contributed by atoms with Gasteiger partial charge in [0.15, 0.2) is 5.43 Å². The second-order valence-electron chi connectivity index (χ2n) is 3.81. The number of aromatic nitrogens is 1. The van der Waals surface area contributed by atoms with Gasteiger partial charge >= 0.3 is 6.18 Å². The van der Waals surface area contributed by atoms with Crippen LogP contribution in [0.3, 0.4) is 0 Å². The molecule has 1 aromatic heterocycles. The molecule has 8 heteroatoms. The molecule has 0 amide bonds. The zero-order chi connectivity index (χ0) is 15.1. The van der Waals surface area contributed by atoms with Gasteiger partial charge in [-0.05, 0) is 12.1 Å². The van der Waals surface area contributed by atoms with Crippen LogP contribution in [0.15, 0.2) is 29.2 Å². The Kier molecular flexibility index (Phi) is 4.04. The fourth-order valence-electron chi connectivity index (χ4n) is 1.71. The molecule has 0 radical (unpaired) electrons. The van der Waals surface area contributed by atoms with Crippen LogP contribution in [-0.4, -0.2) is 4.98 Å². The summed E-state index contributed by atoms with van der Waals surface area (Å²) in [6.45, 7) is 0. The van der Waals surface area contributed by atoms with Gasteiger partial charge in [0, 0.05) is 17.8 Å². The molecule has 0 saturated heterocycles. The summed E-state index contributed by atoms with van der Waals surface area (Å²) in [5.41, 5.74) is -3.22. The van der Waals surface area contributed by atoms with E-state index in [2.05, 4.69) is 4.98 Å². The van der Waals surface area contributed by atoms with Crippen LogP contribution in [0.2, 0.25) is 15.1 Å². The third-order valence-corrected chi connectivity index (χ3v) is 3.66. The zero-order valence-corrected chi connectivity index (χ0v) is 11.8. The molecule has 0 aliphatic carbocycles. The fourth-order valence-corrected chi connectivity index (χ4v) is 2.43. The highest BCUT2D eigenvalue weighted by molar-refractivity contribution is 6.46. The van der Waals surface area contributed by atoms with Crippen molar-refractivity contribution >= 4 is 34.8 Å². The van der Waals surface area contributed by atoms with Crippen LogP contribution < -0.4 is 5.43 Å². The van der Waals surface area contributed by atoms with Crippen molar-refractivity contribution in [2.45, 2.75) is 6.18 Å². The van der Waals surface area contributed by atoms with E-state index in [0.717, 1.165) is 12.3 Å². The average Bonchev–Trinajstić information content (AvgIpc) is 2.33. The van der Waals surface area contributed by atoms with E-state index >= 15 is 0 Å². The topological polar surface area (TPSA) is 32.9 Å². The van der Waals surface area contributed by atoms with Crippen molar-refractivity contribution in [1.82, 2.24) is 4.98 Å². The number of aromatic amines is 1. The third kappa shape index (κ3) is 2.66. The van der Waals surface area contributed by atoms with Gasteiger partial charge in [-0.3, -0.25) is 4.79 Å². The van der Waals surface area contributed by atoms with E-state index in [1.165, 1.54) is 12.1 Å². The molecule has 2 nitrogen and oxygen atoms in total. The summed E-state index contributed by atoms with van der Waals surface area (Å²) in [5.74, 6) is 0. The number of rotatable bonds is 1. The van der Waals surface area contributed by atoms with Crippen molar-refractivity contribution in [3.05, 3.63) is 55.3 Å². The SMILES string of the molecule is O=c1cc[nH]c(-c2c(Cl)ccc(Cl)c2Cl)c1C(F)(F)F. The second kappa shape index (κ2) is 5.31. The lowest BCUT2D eigenvalue weighted by Crippen LogP contribution is -2.20. The van der Waals surface area contributed by atoms with E-state index in [9.17, 15) is 18.0 Å². The van der Waals surface area contributed by atoms with Crippen LogP contribution in [0, 0.1) is 0 Å². The van der Waals surface area contributed by atoms with Gasteiger partial charge < -0.3 is 4.98 Å². The minimum Gasteiger partial charge on any atom is -0.360 e. The predicted octanol–water partition coefficient (Wildman–Crippen LogP) is 5.02. The summed E-state index contributed by atoms with van der Waals surface area (Å²) >= 11 is 17.6. The van der Waals surface area contributed by atoms with E-state index in [1.807, 2.05) is 0 Å². The minimum atomic E-state index is -4.85. The van der Waals surface area contributed by atoms with Gasteiger partial charge in [-0.2, -0.15) is 13.2 Å². The molecular formula is C12H5Cl3F3NO. The molecule has 0 bridgehead atoms. The van der Waals surface area contributed by atoms with Gasteiger partial charge in [0.1, 0.15) is 5.56 Å². The lowest BCUT2D eigenvalue weighted by Gasteiger charge is -2.14. The Balaban J connectivity index is 2.89. The molecule has 1 aromatic carbocycles. The lowest BCUT2D eigenvalue weighted by atomic mass is 10.0. The van der Waals surface area contributed by atoms with E-state index in [-0.39, 0.29) is 20.6 Å². The van der Waals surface area contributed by atoms with Crippen molar-refractivity contribution in [2.24, 2.45) is 0 Å². The number of nitrogens with one attached hydrogen (secondary N) is 1. The molecule has 0 saturated carbocycles. The first-order valence-corrected chi connectivity index (χ1v) is 6.29. The number of benzene rings is 1. The molecular weight excluding hydrogens is 337 g/mol. The van der Waals surface area contributed by atoms with Crippen molar-refractivity contribution in [2.75, 3.05) is 0 Å². The number of halogens is 6. The third-order valence-electron chi connectivity index (χ3n) is 2.54. The van der Waals surface area contributed by atoms with E-state index in [4.69, 9.17) is 34.8 Å². The molecule has 2 rings (SSSR count). The molecule has 0 spiro atoms. The van der Waals surface area contributed by atoms with Crippen LogP contribution in [-0.2, 0) is 6.18 Å². The maximum absolute atomic E-state index is 13.0. The molecule has 20 heavy (non-hydrogen) atoms. The smallest absolute Gasteiger partial charge is 0.360 e. The Morgan fingerprint density at radius 1 is 1.00 bits per heavy atom.